The molecule has 0 aliphatic heterocycles. The number of hydrogen-bond donors (Lipinski definition) is 1. The summed E-state index contributed by atoms with van der Waals surface area (Å²) in [4.78, 5) is 10.3. The monoisotopic (exact) mass is 962 g/mol. The summed E-state index contributed by atoms with van der Waals surface area (Å²) in [6.45, 7) is 6.05. The fourth-order valence-corrected chi connectivity index (χ4v) is 7.96. The van der Waals surface area contributed by atoms with E-state index in [0.29, 0.717) is 22.6 Å². The molecule has 0 fully saturated rings. The van der Waals surface area contributed by atoms with Crippen molar-refractivity contribution in [2.45, 2.75) is 46.4 Å². The van der Waals surface area contributed by atoms with Crippen molar-refractivity contribution in [3.05, 3.63) is 193 Å². The number of para-hydroxylation sites is 1. The molecule has 0 bridgehead atoms. The molecule has 9 aromatic rings. The van der Waals surface area contributed by atoms with Crippen molar-refractivity contribution in [1.29, 1.82) is 0 Å². The number of pyridine rings is 1. The van der Waals surface area contributed by atoms with Gasteiger partial charge in [0.05, 0.1) is 16.6 Å². The number of rotatable bonds is 9. The predicted octanol–water partition coefficient (Wildman–Crippen LogP) is 14.5. The molecule has 0 atom stereocenters. The van der Waals surface area contributed by atoms with Gasteiger partial charge >= 0.3 is 0 Å². The van der Waals surface area contributed by atoms with Crippen LogP contribution < -0.4 is 0 Å². The minimum Gasteiger partial charge on any atom is -0.507 e. The Hall–Kier alpha value is -6.35. The Bertz CT molecular complexity index is 3070. The van der Waals surface area contributed by atoms with Crippen LogP contribution in [-0.2, 0) is 21.1 Å². The van der Waals surface area contributed by atoms with Crippen molar-refractivity contribution >= 4 is 11.0 Å². The number of imidazole rings is 1. The molecule has 2 heterocycles. The first-order valence-electron chi connectivity index (χ1n) is 21.7. The van der Waals surface area contributed by atoms with Crippen LogP contribution in [0.4, 0.5) is 0 Å². The quantitative estimate of drug-likeness (QED) is 0.147. The van der Waals surface area contributed by atoms with E-state index in [1.165, 1.54) is 0 Å². The summed E-state index contributed by atoms with van der Waals surface area (Å²) in [7, 11) is 0. The van der Waals surface area contributed by atoms with Gasteiger partial charge in [-0.05, 0) is 93.5 Å². The molecule has 1 N–H and O–H groups in total. The second kappa shape index (κ2) is 17.1. The Kier molecular flexibility index (Phi) is 10.5. The molecule has 7 aromatic carbocycles. The maximum absolute atomic E-state index is 12.2. The number of aromatic hydroxyl groups is 1. The van der Waals surface area contributed by atoms with E-state index < -0.39 is 6.85 Å². The van der Waals surface area contributed by atoms with Gasteiger partial charge in [0.1, 0.15) is 11.6 Å². The van der Waals surface area contributed by atoms with Gasteiger partial charge in [0.15, 0.2) is 0 Å². The van der Waals surface area contributed by atoms with Gasteiger partial charge in [-0.1, -0.05) is 166 Å². The van der Waals surface area contributed by atoms with E-state index in [1.54, 1.807) is 12.1 Å². The number of aryl methyl sites for hydroxylation is 1. The van der Waals surface area contributed by atoms with Crippen LogP contribution in [0.15, 0.2) is 170 Å². The molecule has 0 saturated heterocycles. The fraction of sp³-hybridized carbons (Fsp3) is 0.127. The van der Waals surface area contributed by atoms with E-state index in [2.05, 4.69) is 88.4 Å². The first kappa shape index (κ1) is 36.7. The zero-order valence-electron chi connectivity index (χ0n) is 36.9. The van der Waals surface area contributed by atoms with Gasteiger partial charge in [0.2, 0.25) is 0 Å². The van der Waals surface area contributed by atoms with Crippen molar-refractivity contribution < 1.29 is 30.3 Å². The maximum Gasteiger partial charge on any atom is 0.148 e. The van der Waals surface area contributed by atoms with Gasteiger partial charge in [-0.25, -0.2) is 4.98 Å². The number of hydrogen-bond acceptors (Lipinski definition) is 3. The molecule has 2 aromatic heterocycles. The summed E-state index contributed by atoms with van der Waals surface area (Å²) >= 11 is 0. The SMILES string of the molecule is [2H]C([2H])([2H])c1cc(-c2ccccc2)cc(-n2c(-c3cc(C(C)C)cc(C(C)C)c3O)nc3c(-c4[c-]c(-c5cc(-c6ccccc6)ccn5)cc(-c5ccccc5)c4)cccc32)c1.[Pt]. The molecule has 0 aliphatic carbocycles. The predicted molar refractivity (Wildman–Crippen MR) is 245 cm³/mol. The minimum absolute atomic E-state index is 0. The molecule has 0 amide bonds. The van der Waals surface area contributed by atoms with Gasteiger partial charge in [-0.15, -0.1) is 23.8 Å². The first-order valence-corrected chi connectivity index (χ1v) is 20.2. The van der Waals surface area contributed by atoms with E-state index in [1.807, 2.05) is 108 Å². The van der Waals surface area contributed by atoms with Crippen LogP contribution in [0.1, 0.15) is 60.3 Å². The average Bonchev–Trinajstić information content (AvgIpc) is 3.69. The summed E-state index contributed by atoms with van der Waals surface area (Å²) in [5.41, 5.74) is 13.9. The number of aromatic nitrogens is 3. The third kappa shape index (κ3) is 7.88. The molecule has 0 spiro atoms. The summed E-state index contributed by atoms with van der Waals surface area (Å²) < 4.78 is 27.7. The Balaban J connectivity index is 0.00000544. The largest absolute Gasteiger partial charge is 0.507 e. The number of fused-ring (bicyclic) bond motifs is 1. The van der Waals surface area contributed by atoms with E-state index in [-0.39, 0.29) is 44.2 Å². The zero-order chi connectivity index (χ0) is 43.1. The number of phenolic OH excluding ortho intramolecular Hbond substituents is 1. The van der Waals surface area contributed by atoms with Crippen molar-refractivity contribution in [2.75, 3.05) is 0 Å². The molecular formula is C55H46N3OPt-. The van der Waals surface area contributed by atoms with Gasteiger partial charge in [-0.3, -0.25) is 9.55 Å². The van der Waals surface area contributed by atoms with E-state index in [9.17, 15) is 5.11 Å². The van der Waals surface area contributed by atoms with Crippen LogP contribution in [0, 0.1) is 12.9 Å². The number of phenols is 1. The van der Waals surface area contributed by atoms with Crippen LogP contribution in [0.25, 0.3) is 83.9 Å². The smallest absolute Gasteiger partial charge is 0.148 e. The van der Waals surface area contributed by atoms with Crippen LogP contribution in [0.5, 0.6) is 5.75 Å². The fourth-order valence-electron chi connectivity index (χ4n) is 7.96. The molecule has 0 radical (unpaired) electrons. The Labute approximate surface area is 371 Å². The third-order valence-electron chi connectivity index (χ3n) is 11.1. The van der Waals surface area contributed by atoms with Crippen molar-refractivity contribution in [3.8, 4) is 78.6 Å². The van der Waals surface area contributed by atoms with Crippen LogP contribution >= 0.6 is 0 Å². The van der Waals surface area contributed by atoms with Crippen LogP contribution in [0.2, 0.25) is 0 Å². The molecule has 5 heteroatoms. The first-order chi connectivity index (χ1) is 29.9. The van der Waals surface area contributed by atoms with Gasteiger partial charge in [-0.2, -0.15) is 0 Å². The Morgan fingerprint density at radius 3 is 1.85 bits per heavy atom. The summed E-state index contributed by atoms with van der Waals surface area (Å²) in [6.07, 6.45) is 1.84. The summed E-state index contributed by atoms with van der Waals surface area (Å²) in [5.74, 6) is 0.869. The summed E-state index contributed by atoms with van der Waals surface area (Å²) in [6, 6.07) is 58.2. The molecule has 9 rings (SSSR count). The van der Waals surface area contributed by atoms with Crippen molar-refractivity contribution in [1.82, 2.24) is 14.5 Å². The molecule has 0 aliphatic rings. The Morgan fingerprint density at radius 2 is 1.22 bits per heavy atom. The standard InChI is InChI=1S/C55H46N3O.Pt/c1-35(2)42-32-49(36(3)4)54(59)50(33-42)55-57-53-48(22-15-23-52(53)58(55)47-27-37(5)26-43(31-47)39-18-11-7-12-19-39)45-28-44(40-20-13-8-14-21-40)29-46(30-45)51-34-41(24-25-56-51)38-16-9-6-10-17-38;/h6-29,31-36,59H,1-5H3;/q-1;/i5D3;. The molecule has 298 valence electrons. The van der Waals surface area contributed by atoms with Gasteiger partial charge < -0.3 is 5.11 Å². The van der Waals surface area contributed by atoms with Crippen LogP contribution in [0.3, 0.4) is 0 Å². The molecule has 4 nitrogen and oxygen atoms in total. The second-order valence-corrected chi connectivity index (χ2v) is 15.8. The zero-order valence-corrected chi connectivity index (χ0v) is 36.2. The molecule has 0 unspecified atom stereocenters. The van der Waals surface area contributed by atoms with Crippen LogP contribution in [-0.4, -0.2) is 19.6 Å². The molecule has 0 saturated carbocycles. The average molecular weight is 963 g/mol. The van der Waals surface area contributed by atoms with E-state index >= 15 is 0 Å². The van der Waals surface area contributed by atoms with Gasteiger partial charge in [0.25, 0.3) is 0 Å². The maximum atomic E-state index is 12.2. The number of benzene rings is 7. The minimum atomic E-state index is -2.39. The van der Waals surface area contributed by atoms with Gasteiger partial charge in [0, 0.05) is 42.8 Å². The van der Waals surface area contributed by atoms with E-state index in [0.717, 1.165) is 72.4 Å². The third-order valence-corrected chi connectivity index (χ3v) is 11.1. The van der Waals surface area contributed by atoms with E-state index in [4.69, 9.17) is 14.1 Å². The van der Waals surface area contributed by atoms with Crippen molar-refractivity contribution in [3.63, 3.8) is 0 Å². The normalized spacial score (nSPS) is 12.3. The molecule has 60 heavy (non-hydrogen) atoms. The topological polar surface area (TPSA) is 50.9 Å². The number of nitrogens with zero attached hydrogens (tertiary/aromatic N) is 3. The summed E-state index contributed by atoms with van der Waals surface area (Å²) in [5, 5.41) is 12.2. The molecular weight excluding hydrogens is 914 g/mol. The Morgan fingerprint density at radius 1 is 0.583 bits per heavy atom. The second-order valence-electron chi connectivity index (χ2n) is 15.8. The van der Waals surface area contributed by atoms with Crippen molar-refractivity contribution in [2.24, 2.45) is 0 Å².